The Morgan fingerprint density at radius 2 is 2.38 bits per heavy atom. The van der Waals surface area contributed by atoms with Crippen molar-refractivity contribution in [3.8, 4) is 0 Å². The second kappa shape index (κ2) is 5.64. The first-order valence-electron chi connectivity index (χ1n) is 6.14. The van der Waals surface area contributed by atoms with Crippen molar-refractivity contribution in [2.45, 2.75) is 51.7 Å². The molecule has 0 spiro atoms. The third-order valence-corrected chi connectivity index (χ3v) is 3.70. The zero-order chi connectivity index (χ0) is 12.2. The van der Waals surface area contributed by atoms with Crippen molar-refractivity contribution in [2.24, 2.45) is 11.7 Å². The van der Waals surface area contributed by atoms with Crippen molar-refractivity contribution in [2.75, 3.05) is 13.2 Å². The highest BCUT2D eigenvalue weighted by molar-refractivity contribution is 5.77. The van der Waals surface area contributed by atoms with Crippen LogP contribution in [0, 0.1) is 5.92 Å². The molecule has 3 atom stereocenters. The van der Waals surface area contributed by atoms with Gasteiger partial charge in [0, 0.05) is 13.0 Å². The second-order valence-corrected chi connectivity index (χ2v) is 4.94. The van der Waals surface area contributed by atoms with Crippen LogP contribution in [0.2, 0.25) is 0 Å². The number of ether oxygens (including phenoxy) is 1. The van der Waals surface area contributed by atoms with Crippen LogP contribution in [0.3, 0.4) is 0 Å². The summed E-state index contributed by atoms with van der Waals surface area (Å²) in [5, 5.41) is 3.08. The molecule has 1 fully saturated rings. The summed E-state index contributed by atoms with van der Waals surface area (Å²) in [4.78, 5) is 11.9. The summed E-state index contributed by atoms with van der Waals surface area (Å²) in [6, 6.07) is 0. The Labute approximate surface area is 97.9 Å². The maximum atomic E-state index is 11.9. The SMILES string of the molecule is CCC(CN)CC(=O)NC1(C)CCOC1C. The fourth-order valence-corrected chi connectivity index (χ4v) is 2.03. The minimum Gasteiger partial charge on any atom is -0.376 e. The molecule has 4 nitrogen and oxygen atoms in total. The van der Waals surface area contributed by atoms with E-state index in [1.54, 1.807) is 0 Å². The molecule has 0 aromatic heterocycles. The highest BCUT2D eigenvalue weighted by atomic mass is 16.5. The maximum Gasteiger partial charge on any atom is 0.220 e. The summed E-state index contributed by atoms with van der Waals surface area (Å²) in [5.74, 6) is 0.387. The number of nitrogens with two attached hydrogens (primary N) is 1. The molecule has 0 aliphatic carbocycles. The Morgan fingerprint density at radius 1 is 1.69 bits per heavy atom. The van der Waals surface area contributed by atoms with E-state index in [-0.39, 0.29) is 17.6 Å². The van der Waals surface area contributed by atoms with E-state index < -0.39 is 0 Å². The van der Waals surface area contributed by atoms with Gasteiger partial charge in [0.2, 0.25) is 5.91 Å². The molecule has 3 N–H and O–H groups in total. The highest BCUT2D eigenvalue weighted by Crippen LogP contribution is 2.25. The normalized spacial score (nSPS) is 31.4. The van der Waals surface area contributed by atoms with E-state index in [1.807, 2.05) is 13.8 Å². The van der Waals surface area contributed by atoms with Gasteiger partial charge in [0.15, 0.2) is 0 Å². The van der Waals surface area contributed by atoms with Crippen molar-refractivity contribution < 1.29 is 9.53 Å². The molecule has 1 rings (SSSR count). The standard InChI is InChI=1S/C12H24N2O2/c1-4-10(8-13)7-11(15)14-12(3)5-6-16-9(12)2/h9-10H,4-8,13H2,1-3H3,(H,14,15). The minimum atomic E-state index is -0.204. The van der Waals surface area contributed by atoms with E-state index in [4.69, 9.17) is 10.5 Å². The molecular formula is C12H24N2O2. The molecule has 0 radical (unpaired) electrons. The topological polar surface area (TPSA) is 64.4 Å². The Bertz CT molecular complexity index is 241. The third-order valence-electron chi connectivity index (χ3n) is 3.70. The smallest absolute Gasteiger partial charge is 0.220 e. The lowest BCUT2D eigenvalue weighted by atomic mass is 9.93. The van der Waals surface area contributed by atoms with Gasteiger partial charge < -0.3 is 15.8 Å². The summed E-state index contributed by atoms with van der Waals surface area (Å²) < 4.78 is 5.49. The Hall–Kier alpha value is -0.610. The van der Waals surface area contributed by atoms with Crippen LogP contribution in [-0.2, 0) is 9.53 Å². The lowest BCUT2D eigenvalue weighted by molar-refractivity contribution is -0.124. The molecule has 1 aliphatic rings. The van der Waals surface area contributed by atoms with Crippen LogP contribution in [0.25, 0.3) is 0 Å². The van der Waals surface area contributed by atoms with Gasteiger partial charge in [0.1, 0.15) is 0 Å². The molecule has 0 aromatic carbocycles. The molecule has 0 aromatic rings. The molecule has 0 saturated carbocycles. The number of carbonyl (C=O) groups is 1. The van der Waals surface area contributed by atoms with Crippen LogP contribution in [0.15, 0.2) is 0 Å². The predicted octanol–water partition coefficient (Wildman–Crippen LogP) is 1.05. The van der Waals surface area contributed by atoms with E-state index >= 15 is 0 Å². The van der Waals surface area contributed by atoms with Crippen molar-refractivity contribution in [3.05, 3.63) is 0 Å². The zero-order valence-corrected chi connectivity index (χ0v) is 10.6. The Morgan fingerprint density at radius 3 is 2.81 bits per heavy atom. The van der Waals surface area contributed by atoms with Crippen molar-refractivity contribution in [1.29, 1.82) is 0 Å². The lowest BCUT2D eigenvalue weighted by Gasteiger charge is -2.29. The number of carbonyl (C=O) groups excluding carboxylic acids is 1. The fraction of sp³-hybridized carbons (Fsp3) is 0.917. The quantitative estimate of drug-likeness (QED) is 0.739. The van der Waals surface area contributed by atoms with Crippen LogP contribution in [0.1, 0.15) is 40.0 Å². The molecular weight excluding hydrogens is 204 g/mol. The summed E-state index contributed by atoms with van der Waals surface area (Å²) in [6.45, 7) is 7.42. The second-order valence-electron chi connectivity index (χ2n) is 4.94. The van der Waals surface area contributed by atoms with Crippen LogP contribution in [0.4, 0.5) is 0 Å². The van der Waals surface area contributed by atoms with Crippen molar-refractivity contribution in [3.63, 3.8) is 0 Å². The van der Waals surface area contributed by atoms with E-state index in [9.17, 15) is 4.79 Å². The van der Waals surface area contributed by atoms with Gasteiger partial charge in [0.05, 0.1) is 11.6 Å². The van der Waals surface area contributed by atoms with Gasteiger partial charge in [0.25, 0.3) is 0 Å². The number of amides is 1. The molecule has 3 unspecified atom stereocenters. The molecule has 0 bridgehead atoms. The molecule has 16 heavy (non-hydrogen) atoms. The molecule has 1 amide bonds. The van der Waals surface area contributed by atoms with Gasteiger partial charge in [-0.1, -0.05) is 13.3 Å². The first kappa shape index (κ1) is 13.5. The largest absolute Gasteiger partial charge is 0.376 e. The number of nitrogens with one attached hydrogen (secondary N) is 1. The van der Waals surface area contributed by atoms with Crippen LogP contribution < -0.4 is 11.1 Å². The number of hydrogen-bond donors (Lipinski definition) is 2. The number of rotatable bonds is 5. The van der Waals surface area contributed by atoms with Crippen LogP contribution in [-0.4, -0.2) is 30.7 Å². The molecule has 1 aliphatic heterocycles. The van der Waals surface area contributed by atoms with Gasteiger partial charge in [-0.05, 0) is 32.7 Å². The van der Waals surface area contributed by atoms with Crippen LogP contribution in [0.5, 0.6) is 0 Å². The van der Waals surface area contributed by atoms with Crippen LogP contribution >= 0.6 is 0 Å². The van der Waals surface area contributed by atoms with Gasteiger partial charge in [-0.25, -0.2) is 0 Å². The monoisotopic (exact) mass is 228 g/mol. The fourth-order valence-electron chi connectivity index (χ4n) is 2.03. The van der Waals surface area contributed by atoms with E-state index in [1.165, 1.54) is 0 Å². The first-order chi connectivity index (χ1) is 7.51. The maximum absolute atomic E-state index is 11.9. The number of hydrogen-bond acceptors (Lipinski definition) is 3. The summed E-state index contributed by atoms with van der Waals surface area (Å²) in [7, 11) is 0. The van der Waals surface area contributed by atoms with Gasteiger partial charge in [-0.3, -0.25) is 4.79 Å². The average Bonchev–Trinajstić information content (AvgIpc) is 2.55. The molecule has 94 valence electrons. The summed E-state index contributed by atoms with van der Waals surface area (Å²) in [6.07, 6.45) is 2.45. The van der Waals surface area contributed by atoms with Gasteiger partial charge >= 0.3 is 0 Å². The van der Waals surface area contributed by atoms with Crippen molar-refractivity contribution >= 4 is 5.91 Å². The van der Waals surface area contributed by atoms with Gasteiger partial charge in [-0.2, -0.15) is 0 Å². The molecule has 4 heteroatoms. The predicted molar refractivity (Wildman–Crippen MR) is 64.0 cm³/mol. The Kier molecular flexibility index (Phi) is 4.74. The van der Waals surface area contributed by atoms with E-state index in [0.717, 1.165) is 19.4 Å². The average molecular weight is 228 g/mol. The molecule has 1 heterocycles. The Balaban J connectivity index is 2.44. The highest BCUT2D eigenvalue weighted by Gasteiger charge is 2.38. The minimum absolute atomic E-state index is 0.0920. The summed E-state index contributed by atoms with van der Waals surface area (Å²) in [5.41, 5.74) is 5.39. The summed E-state index contributed by atoms with van der Waals surface area (Å²) >= 11 is 0. The van der Waals surface area contributed by atoms with Gasteiger partial charge in [-0.15, -0.1) is 0 Å². The first-order valence-corrected chi connectivity index (χ1v) is 6.14. The van der Waals surface area contributed by atoms with E-state index in [2.05, 4.69) is 12.2 Å². The lowest BCUT2D eigenvalue weighted by Crippen LogP contribution is -2.51. The van der Waals surface area contributed by atoms with E-state index in [0.29, 0.717) is 18.9 Å². The van der Waals surface area contributed by atoms with Crippen molar-refractivity contribution in [1.82, 2.24) is 5.32 Å². The molecule has 1 saturated heterocycles. The zero-order valence-electron chi connectivity index (χ0n) is 10.6. The third kappa shape index (κ3) is 3.19.